The van der Waals surface area contributed by atoms with Gasteiger partial charge in [0.25, 0.3) is 0 Å². The molecule has 1 aliphatic rings. The van der Waals surface area contributed by atoms with E-state index in [1.54, 1.807) is 11.0 Å². The Labute approximate surface area is 94.3 Å². The molecule has 1 aromatic rings. The third kappa shape index (κ3) is 2.39. The van der Waals surface area contributed by atoms with Crippen molar-refractivity contribution in [2.24, 2.45) is 0 Å². The molecule has 0 aliphatic carbocycles. The van der Waals surface area contributed by atoms with Crippen LogP contribution in [-0.4, -0.2) is 30.4 Å². The third-order valence-corrected chi connectivity index (χ3v) is 2.86. The summed E-state index contributed by atoms with van der Waals surface area (Å²) in [5, 5.41) is 3.01. The van der Waals surface area contributed by atoms with Crippen molar-refractivity contribution < 1.29 is 9.18 Å². The van der Waals surface area contributed by atoms with Gasteiger partial charge in [-0.15, -0.1) is 0 Å². The Morgan fingerprint density at radius 3 is 3.06 bits per heavy atom. The van der Waals surface area contributed by atoms with E-state index in [0.717, 1.165) is 17.7 Å². The zero-order valence-corrected chi connectivity index (χ0v) is 9.29. The highest BCUT2D eigenvalue weighted by atomic mass is 19.1. The molecule has 0 saturated carbocycles. The van der Waals surface area contributed by atoms with Crippen molar-refractivity contribution in [2.75, 3.05) is 19.6 Å². The summed E-state index contributed by atoms with van der Waals surface area (Å²) < 4.78 is 13.1. The number of aryl methyl sites for hydroxylation is 1. The Balaban J connectivity index is 2.13. The summed E-state index contributed by atoms with van der Waals surface area (Å²) >= 11 is 0. The zero-order valence-electron chi connectivity index (χ0n) is 9.29. The summed E-state index contributed by atoms with van der Waals surface area (Å²) in [6, 6.07) is 4.69. The Hall–Kier alpha value is -1.42. The molecule has 0 aromatic heterocycles. The molecule has 0 radical (unpaired) electrons. The van der Waals surface area contributed by atoms with Crippen LogP contribution in [0.2, 0.25) is 0 Å². The summed E-state index contributed by atoms with van der Waals surface area (Å²) in [6.07, 6.45) is 0. The average molecular weight is 222 g/mol. The quantitative estimate of drug-likeness (QED) is 0.811. The second kappa shape index (κ2) is 4.61. The molecule has 1 aromatic carbocycles. The van der Waals surface area contributed by atoms with Crippen LogP contribution in [0.3, 0.4) is 0 Å². The van der Waals surface area contributed by atoms with Crippen molar-refractivity contribution in [3.8, 4) is 0 Å². The Bertz CT molecular complexity index is 406. The van der Waals surface area contributed by atoms with Gasteiger partial charge in [0.1, 0.15) is 5.82 Å². The number of nitrogens with one attached hydrogen (secondary N) is 1. The Morgan fingerprint density at radius 2 is 2.31 bits per heavy atom. The van der Waals surface area contributed by atoms with E-state index in [9.17, 15) is 9.18 Å². The Morgan fingerprint density at radius 1 is 1.50 bits per heavy atom. The molecule has 16 heavy (non-hydrogen) atoms. The van der Waals surface area contributed by atoms with Crippen LogP contribution in [0.1, 0.15) is 11.1 Å². The molecule has 1 fully saturated rings. The van der Waals surface area contributed by atoms with E-state index < -0.39 is 0 Å². The van der Waals surface area contributed by atoms with Crippen LogP contribution in [0.4, 0.5) is 4.39 Å². The second-order valence-electron chi connectivity index (χ2n) is 4.06. The van der Waals surface area contributed by atoms with Gasteiger partial charge in [-0.25, -0.2) is 4.39 Å². The summed E-state index contributed by atoms with van der Waals surface area (Å²) in [5.41, 5.74) is 1.91. The number of nitrogens with zero attached hydrogens (tertiary/aromatic N) is 1. The van der Waals surface area contributed by atoms with Crippen molar-refractivity contribution in [1.29, 1.82) is 0 Å². The molecule has 1 amide bonds. The van der Waals surface area contributed by atoms with Crippen LogP contribution in [0, 0.1) is 12.7 Å². The highest BCUT2D eigenvalue weighted by Crippen LogP contribution is 2.13. The predicted octanol–water partition coefficient (Wildman–Crippen LogP) is 1.07. The monoisotopic (exact) mass is 222 g/mol. The minimum absolute atomic E-state index is 0.0786. The van der Waals surface area contributed by atoms with Crippen molar-refractivity contribution in [2.45, 2.75) is 13.5 Å². The minimum atomic E-state index is -0.247. The number of amides is 1. The number of hydrogen-bond acceptors (Lipinski definition) is 2. The lowest BCUT2D eigenvalue weighted by Crippen LogP contribution is -2.47. The maximum Gasteiger partial charge on any atom is 0.236 e. The molecule has 2 rings (SSSR count). The number of halogens is 1. The van der Waals surface area contributed by atoms with E-state index in [-0.39, 0.29) is 11.7 Å². The molecule has 0 spiro atoms. The third-order valence-electron chi connectivity index (χ3n) is 2.86. The van der Waals surface area contributed by atoms with Gasteiger partial charge >= 0.3 is 0 Å². The number of carbonyl (C=O) groups is 1. The SMILES string of the molecule is Cc1ccc(F)cc1CN1CCNCC1=O. The number of piperazine rings is 1. The zero-order chi connectivity index (χ0) is 11.5. The molecule has 3 nitrogen and oxygen atoms in total. The van der Waals surface area contributed by atoms with E-state index in [0.29, 0.717) is 19.6 Å². The van der Waals surface area contributed by atoms with Gasteiger partial charge in [-0.2, -0.15) is 0 Å². The fourth-order valence-corrected chi connectivity index (χ4v) is 1.83. The highest BCUT2D eigenvalue weighted by Gasteiger charge is 2.18. The van der Waals surface area contributed by atoms with Gasteiger partial charge in [-0.1, -0.05) is 6.07 Å². The van der Waals surface area contributed by atoms with Gasteiger partial charge in [0.05, 0.1) is 6.54 Å². The molecule has 1 N–H and O–H groups in total. The first-order valence-corrected chi connectivity index (χ1v) is 5.40. The van der Waals surface area contributed by atoms with Crippen molar-refractivity contribution in [3.05, 3.63) is 35.1 Å². The van der Waals surface area contributed by atoms with Gasteiger partial charge in [-0.05, 0) is 30.2 Å². The summed E-state index contributed by atoms with van der Waals surface area (Å²) in [6.45, 7) is 4.31. The minimum Gasteiger partial charge on any atom is -0.336 e. The van der Waals surface area contributed by atoms with Gasteiger partial charge < -0.3 is 10.2 Å². The molecule has 4 heteroatoms. The smallest absolute Gasteiger partial charge is 0.236 e. The summed E-state index contributed by atoms with van der Waals surface area (Å²) in [4.78, 5) is 13.3. The van der Waals surface area contributed by atoms with Crippen LogP contribution in [0.15, 0.2) is 18.2 Å². The number of hydrogen-bond donors (Lipinski definition) is 1. The number of carbonyl (C=O) groups excluding carboxylic acids is 1. The van der Waals surface area contributed by atoms with Gasteiger partial charge in [0.2, 0.25) is 5.91 Å². The predicted molar refractivity (Wildman–Crippen MR) is 59.4 cm³/mol. The lowest BCUT2D eigenvalue weighted by atomic mass is 10.1. The van der Waals surface area contributed by atoms with E-state index in [2.05, 4.69) is 5.32 Å². The van der Waals surface area contributed by atoms with Gasteiger partial charge in [0.15, 0.2) is 0 Å². The molecular weight excluding hydrogens is 207 g/mol. The molecule has 1 heterocycles. The second-order valence-corrected chi connectivity index (χ2v) is 4.06. The molecule has 86 valence electrons. The van der Waals surface area contributed by atoms with Crippen molar-refractivity contribution in [1.82, 2.24) is 10.2 Å². The van der Waals surface area contributed by atoms with Crippen LogP contribution in [0.5, 0.6) is 0 Å². The van der Waals surface area contributed by atoms with E-state index >= 15 is 0 Å². The van der Waals surface area contributed by atoms with Crippen LogP contribution >= 0.6 is 0 Å². The average Bonchev–Trinajstić information content (AvgIpc) is 2.27. The molecule has 0 atom stereocenters. The fourth-order valence-electron chi connectivity index (χ4n) is 1.83. The lowest BCUT2D eigenvalue weighted by Gasteiger charge is -2.27. The molecule has 1 saturated heterocycles. The standard InChI is InChI=1S/C12H15FN2O/c1-9-2-3-11(13)6-10(9)8-15-5-4-14-7-12(15)16/h2-3,6,14H,4-5,7-8H2,1H3. The Kier molecular flexibility index (Phi) is 3.19. The largest absolute Gasteiger partial charge is 0.336 e. The summed E-state index contributed by atoms with van der Waals surface area (Å²) in [5.74, 6) is -0.168. The van der Waals surface area contributed by atoms with E-state index in [4.69, 9.17) is 0 Å². The number of rotatable bonds is 2. The maximum atomic E-state index is 13.1. The van der Waals surface area contributed by atoms with Crippen LogP contribution in [0.25, 0.3) is 0 Å². The number of benzene rings is 1. The first-order chi connectivity index (χ1) is 7.66. The van der Waals surface area contributed by atoms with Gasteiger partial charge in [-0.3, -0.25) is 4.79 Å². The first kappa shape index (κ1) is 11.1. The van der Waals surface area contributed by atoms with Crippen molar-refractivity contribution in [3.63, 3.8) is 0 Å². The highest BCUT2D eigenvalue weighted by molar-refractivity contribution is 5.79. The molecule has 0 bridgehead atoms. The molecule has 0 unspecified atom stereocenters. The van der Waals surface area contributed by atoms with E-state index in [1.807, 2.05) is 6.92 Å². The fraction of sp³-hybridized carbons (Fsp3) is 0.417. The van der Waals surface area contributed by atoms with Crippen molar-refractivity contribution >= 4 is 5.91 Å². The maximum absolute atomic E-state index is 13.1. The van der Waals surface area contributed by atoms with E-state index in [1.165, 1.54) is 12.1 Å². The molecular formula is C12H15FN2O. The van der Waals surface area contributed by atoms with Crippen LogP contribution < -0.4 is 5.32 Å². The normalized spacial score (nSPS) is 16.6. The lowest BCUT2D eigenvalue weighted by molar-refractivity contribution is -0.132. The van der Waals surface area contributed by atoms with Gasteiger partial charge in [0, 0.05) is 19.6 Å². The molecule has 1 aliphatic heterocycles. The topological polar surface area (TPSA) is 32.3 Å². The summed E-state index contributed by atoms with van der Waals surface area (Å²) in [7, 11) is 0. The van der Waals surface area contributed by atoms with Crippen LogP contribution in [-0.2, 0) is 11.3 Å². The first-order valence-electron chi connectivity index (χ1n) is 5.40.